The topological polar surface area (TPSA) is 85.7 Å². The third kappa shape index (κ3) is 6.99. The Hall–Kier alpha value is -3.55. The lowest BCUT2D eigenvalue weighted by molar-refractivity contribution is -0.130. The van der Waals surface area contributed by atoms with E-state index in [2.05, 4.69) is 16.8 Å². The summed E-state index contributed by atoms with van der Waals surface area (Å²) in [5.74, 6) is 2.02. The first kappa shape index (κ1) is 27.0. The highest BCUT2D eigenvalue weighted by Gasteiger charge is 2.16. The number of fused-ring (bicyclic) bond motifs is 1. The molecule has 3 aromatic rings. The van der Waals surface area contributed by atoms with Crippen molar-refractivity contribution in [2.24, 2.45) is 0 Å². The van der Waals surface area contributed by atoms with Crippen LogP contribution in [0.25, 0.3) is 11.0 Å². The van der Waals surface area contributed by atoms with Crippen LogP contribution in [0.3, 0.4) is 0 Å². The number of aromatic nitrogens is 2. The van der Waals surface area contributed by atoms with Gasteiger partial charge in [0.25, 0.3) is 5.91 Å². The molecule has 1 aromatic heterocycles. The molecule has 0 radical (unpaired) electrons. The number of carbonyl (C=O) groups excluding carboxylic acids is 2. The fraction of sp³-hybridized carbons (Fsp3) is 0.464. The van der Waals surface area contributed by atoms with Crippen molar-refractivity contribution in [3.63, 3.8) is 0 Å². The molecule has 0 saturated carbocycles. The van der Waals surface area contributed by atoms with Crippen LogP contribution in [0, 0.1) is 0 Å². The molecule has 0 atom stereocenters. The molecule has 2 aromatic carbocycles. The van der Waals surface area contributed by atoms with E-state index in [1.54, 1.807) is 32.4 Å². The molecular weight excluding hydrogens is 456 g/mol. The van der Waals surface area contributed by atoms with Crippen molar-refractivity contribution in [1.82, 2.24) is 19.8 Å². The fourth-order valence-electron chi connectivity index (χ4n) is 4.13. The van der Waals surface area contributed by atoms with Crippen LogP contribution in [-0.2, 0) is 17.8 Å². The van der Waals surface area contributed by atoms with Gasteiger partial charge in [-0.1, -0.05) is 31.9 Å². The number of likely N-dealkylation sites (N-methyl/N-ethyl adjacent to an activating group) is 1. The van der Waals surface area contributed by atoms with Crippen molar-refractivity contribution in [2.45, 2.75) is 52.0 Å². The maximum absolute atomic E-state index is 12.8. The van der Waals surface area contributed by atoms with Crippen molar-refractivity contribution in [3.05, 3.63) is 53.9 Å². The molecule has 0 unspecified atom stereocenters. The molecule has 0 saturated heterocycles. The second-order valence-corrected chi connectivity index (χ2v) is 8.91. The molecule has 8 nitrogen and oxygen atoms in total. The highest BCUT2D eigenvalue weighted by Crippen LogP contribution is 2.27. The Bertz CT molecular complexity index is 1160. The van der Waals surface area contributed by atoms with E-state index in [1.807, 2.05) is 36.2 Å². The lowest BCUT2D eigenvalue weighted by Crippen LogP contribution is -2.31. The molecule has 0 spiro atoms. The molecule has 8 heteroatoms. The first-order valence-corrected chi connectivity index (χ1v) is 12.7. The van der Waals surface area contributed by atoms with Gasteiger partial charge in [0.2, 0.25) is 5.91 Å². The number of nitrogens with one attached hydrogen (secondary N) is 1. The van der Waals surface area contributed by atoms with Gasteiger partial charge in [-0.25, -0.2) is 4.98 Å². The van der Waals surface area contributed by atoms with E-state index in [9.17, 15) is 9.59 Å². The van der Waals surface area contributed by atoms with Gasteiger partial charge in [-0.15, -0.1) is 0 Å². The molecule has 1 N–H and O–H groups in total. The van der Waals surface area contributed by atoms with E-state index < -0.39 is 0 Å². The molecule has 36 heavy (non-hydrogen) atoms. The number of unbranched alkanes of at least 4 members (excludes halogenated alkanes) is 3. The first-order chi connectivity index (χ1) is 17.5. The average molecular weight is 495 g/mol. The zero-order valence-electron chi connectivity index (χ0n) is 21.9. The van der Waals surface area contributed by atoms with Crippen LogP contribution in [0.5, 0.6) is 11.5 Å². The minimum Gasteiger partial charge on any atom is -0.493 e. The van der Waals surface area contributed by atoms with Crippen molar-refractivity contribution in [2.75, 3.05) is 34.4 Å². The normalized spacial score (nSPS) is 10.9. The van der Waals surface area contributed by atoms with Crippen molar-refractivity contribution < 1.29 is 19.1 Å². The summed E-state index contributed by atoms with van der Waals surface area (Å²) < 4.78 is 12.6. The van der Waals surface area contributed by atoms with Gasteiger partial charge >= 0.3 is 0 Å². The van der Waals surface area contributed by atoms with Crippen LogP contribution < -0.4 is 14.8 Å². The number of benzene rings is 2. The summed E-state index contributed by atoms with van der Waals surface area (Å²) in [7, 11) is 4.98. The number of carbonyl (C=O) groups is 2. The molecule has 0 bridgehead atoms. The quantitative estimate of drug-likeness (QED) is 0.335. The molecule has 0 fully saturated rings. The number of para-hydroxylation sites is 2. The van der Waals surface area contributed by atoms with E-state index in [1.165, 1.54) is 0 Å². The van der Waals surface area contributed by atoms with Gasteiger partial charge in [0.1, 0.15) is 12.4 Å². The van der Waals surface area contributed by atoms with Gasteiger partial charge in [-0.05, 0) is 49.6 Å². The Labute approximate surface area is 213 Å². The number of rotatable bonds is 14. The summed E-state index contributed by atoms with van der Waals surface area (Å²) in [6.45, 7) is 3.79. The molecule has 2 amide bonds. The summed E-state index contributed by atoms with van der Waals surface area (Å²) in [6, 6.07) is 13.1. The highest BCUT2D eigenvalue weighted by atomic mass is 16.5. The third-order valence-electron chi connectivity index (χ3n) is 6.31. The molecule has 194 valence electrons. The van der Waals surface area contributed by atoms with E-state index in [0.29, 0.717) is 30.2 Å². The molecule has 0 aliphatic carbocycles. The molecule has 3 rings (SSSR count). The second kappa shape index (κ2) is 13.5. The summed E-state index contributed by atoms with van der Waals surface area (Å²) in [4.78, 5) is 31.9. The van der Waals surface area contributed by atoms with Crippen LogP contribution >= 0.6 is 0 Å². The first-order valence-electron chi connectivity index (χ1n) is 12.7. The lowest BCUT2D eigenvalue weighted by Gasteiger charge is -2.18. The number of aryl methyl sites for hydroxylation is 1. The van der Waals surface area contributed by atoms with Gasteiger partial charge < -0.3 is 24.3 Å². The summed E-state index contributed by atoms with van der Waals surface area (Å²) >= 11 is 0. The molecule has 1 heterocycles. The van der Waals surface area contributed by atoms with Crippen molar-refractivity contribution in [1.29, 1.82) is 0 Å². The predicted octanol–water partition coefficient (Wildman–Crippen LogP) is 4.45. The maximum Gasteiger partial charge on any atom is 0.251 e. The Kier molecular flexibility index (Phi) is 10.2. The minimum atomic E-state index is -0.136. The smallest absolute Gasteiger partial charge is 0.251 e. The van der Waals surface area contributed by atoms with Crippen LogP contribution in [0.2, 0.25) is 0 Å². The average Bonchev–Trinajstić information content (AvgIpc) is 3.25. The van der Waals surface area contributed by atoms with Gasteiger partial charge in [0, 0.05) is 32.1 Å². The number of hydrogen-bond acceptors (Lipinski definition) is 5. The fourth-order valence-corrected chi connectivity index (χ4v) is 4.13. The predicted molar refractivity (Wildman–Crippen MR) is 142 cm³/mol. The summed E-state index contributed by atoms with van der Waals surface area (Å²) in [6.07, 6.45) is 5.57. The maximum atomic E-state index is 12.8. The molecule has 0 aliphatic rings. The van der Waals surface area contributed by atoms with Crippen LogP contribution in [-0.4, -0.2) is 60.6 Å². The van der Waals surface area contributed by atoms with Gasteiger partial charge in [-0.2, -0.15) is 0 Å². The second-order valence-electron chi connectivity index (χ2n) is 8.91. The zero-order valence-corrected chi connectivity index (χ0v) is 21.9. The molecule has 0 aliphatic heterocycles. The Morgan fingerprint density at radius 3 is 2.53 bits per heavy atom. The SMILES string of the molecule is CCCCN(C)C(=O)Cn1c(CCCCCNC(=O)c2ccc(OC)c(OC)c2)nc2ccccc21. The Balaban J connectivity index is 1.51. The van der Waals surface area contributed by atoms with E-state index >= 15 is 0 Å². The zero-order chi connectivity index (χ0) is 25.9. The van der Waals surface area contributed by atoms with Crippen molar-refractivity contribution >= 4 is 22.8 Å². The number of methoxy groups -OCH3 is 2. The monoisotopic (exact) mass is 494 g/mol. The Morgan fingerprint density at radius 1 is 1.00 bits per heavy atom. The van der Waals surface area contributed by atoms with Crippen molar-refractivity contribution in [3.8, 4) is 11.5 Å². The van der Waals surface area contributed by atoms with Gasteiger partial charge in [0.15, 0.2) is 11.5 Å². The van der Waals surface area contributed by atoms with E-state index in [-0.39, 0.29) is 11.8 Å². The van der Waals surface area contributed by atoms with Gasteiger partial charge in [-0.3, -0.25) is 9.59 Å². The molecular formula is C28H38N4O4. The third-order valence-corrected chi connectivity index (χ3v) is 6.31. The summed E-state index contributed by atoms with van der Waals surface area (Å²) in [5.41, 5.74) is 2.44. The van der Waals surface area contributed by atoms with Crippen LogP contribution in [0.4, 0.5) is 0 Å². The lowest BCUT2D eigenvalue weighted by atomic mass is 10.1. The number of amides is 2. The number of ether oxygens (including phenoxy) is 2. The standard InChI is InChI=1S/C28H38N4O4/c1-5-6-18-31(2)27(33)20-32-23-13-10-9-12-22(23)30-26(32)14-8-7-11-17-29-28(34)21-15-16-24(35-3)25(19-21)36-4/h9-10,12-13,15-16,19H,5-8,11,14,17-18,20H2,1-4H3,(H,29,34). The number of hydrogen-bond donors (Lipinski definition) is 1. The van der Waals surface area contributed by atoms with Crippen LogP contribution in [0.15, 0.2) is 42.5 Å². The summed E-state index contributed by atoms with van der Waals surface area (Å²) in [5, 5.41) is 2.97. The number of imidazole rings is 1. The van der Waals surface area contributed by atoms with E-state index in [4.69, 9.17) is 14.5 Å². The van der Waals surface area contributed by atoms with Crippen LogP contribution in [0.1, 0.15) is 55.2 Å². The number of nitrogens with zero attached hydrogens (tertiary/aromatic N) is 3. The van der Waals surface area contributed by atoms with E-state index in [0.717, 1.165) is 61.9 Å². The highest BCUT2D eigenvalue weighted by molar-refractivity contribution is 5.94. The van der Waals surface area contributed by atoms with Gasteiger partial charge in [0.05, 0.1) is 25.3 Å². The Morgan fingerprint density at radius 2 is 1.78 bits per heavy atom. The minimum absolute atomic E-state index is 0.103. The largest absolute Gasteiger partial charge is 0.493 e.